The first-order chi connectivity index (χ1) is 11.6. The van der Waals surface area contributed by atoms with Crippen molar-refractivity contribution in [2.45, 2.75) is 0 Å². The molecule has 1 amide bonds. The number of para-hydroxylation sites is 1. The van der Waals surface area contributed by atoms with Gasteiger partial charge >= 0.3 is 0 Å². The molecule has 6 heteroatoms. The predicted molar refractivity (Wildman–Crippen MR) is 94.2 cm³/mol. The summed E-state index contributed by atoms with van der Waals surface area (Å²) in [6.45, 7) is 1.44. The summed E-state index contributed by atoms with van der Waals surface area (Å²) in [7, 11) is 3.95. The van der Waals surface area contributed by atoms with Crippen molar-refractivity contribution in [2.75, 3.05) is 38.9 Å². The molecule has 0 aromatic heterocycles. The molecule has 0 unspecified atom stereocenters. The molecule has 0 fully saturated rings. The predicted octanol–water partition coefficient (Wildman–Crippen LogP) is 3.28. The van der Waals surface area contributed by atoms with Gasteiger partial charge in [-0.1, -0.05) is 29.8 Å². The standard InChI is InChI=1S/C18H19ClN2O3/c1-20(2)8-9-21(14-6-4-3-5-7-14)18(22)13-10-15(19)17-16(11-13)23-12-24-17/h3-7,10-11H,8-9,12H2,1-2H3. The first kappa shape index (κ1) is 16.6. The number of nitrogens with zero attached hydrogens (tertiary/aromatic N) is 2. The lowest BCUT2D eigenvalue weighted by atomic mass is 10.1. The van der Waals surface area contributed by atoms with E-state index in [1.54, 1.807) is 17.0 Å². The SMILES string of the molecule is CN(C)CCN(C(=O)c1cc(Cl)c2c(c1)OCO2)c1ccccc1. The number of ether oxygens (including phenoxy) is 2. The Bertz CT molecular complexity index is 735. The van der Waals surface area contributed by atoms with Crippen LogP contribution in [0.4, 0.5) is 5.69 Å². The van der Waals surface area contributed by atoms with E-state index >= 15 is 0 Å². The molecule has 0 bridgehead atoms. The number of halogens is 1. The maximum atomic E-state index is 13.1. The van der Waals surface area contributed by atoms with Crippen molar-refractivity contribution in [1.29, 1.82) is 0 Å². The zero-order chi connectivity index (χ0) is 17.1. The molecule has 0 saturated heterocycles. The lowest BCUT2D eigenvalue weighted by molar-refractivity contribution is 0.0984. The molecule has 1 aliphatic heterocycles. The third-order valence-corrected chi connectivity index (χ3v) is 4.04. The number of anilines is 1. The normalized spacial score (nSPS) is 12.5. The van der Waals surface area contributed by atoms with Crippen LogP contribution in [-0.4, -0.2) is 44.8 Å². The van der Waals surface area contributed by atoms with Crippen LogP contribution in [0.25, 0.3) is 0 Å². The number of hydrogen-bond donors (Lipinski definition) is 0. The van der Waals surface area contributed by atoms with Gasteiger partial charge in [-0.2, -0.15) is 0 Å². The van der Waals surface area contributed by atoms with Gasteiger partial charge in [0.2, 0.25) is 6.79 Å². The molecule has 5 nitrogen and oxygen atoms in total. The van der Waals surface area contributed by atoms with E-state index < -0.39 is 0 Å². The summed E-state index contributed by atoms with van der Waals surface area (Å²) in [5.41, 5.74) is 1.32. The molecular formula is C18H19ClN2O3. The molecule has 0 aliphatic carbocycles. The van der Waals surface area contributed by atoms with E-state index in [1.165, 1.54) is 0 Å². The third-order valence-electron chi connectivity index (χ3n) is 3.76. The van der Waals surface area contributed by atoms with Crippen LogP contribution in [0.3, 0.4) is 0 Å². The van der Waals surface area contributed by atoms with Gasteiger partial charge in [0.25, 0.3) is 5.91 Å². The molecule has 0 spiro atoms. The van der Waals surface area contributed by atoms with Crippen LogP contribution in [0.5, 0.6) is 11.5 Å². The highest BCUT2D eigenvalue weighted by Crippen LogP contribution is 2.40. The monoisotopic (exact) mass is 346 g/mol. The van der Waals surface area contributed by atoms with Crippen molar-refractivity contribution in [3.63, 3.8) is 0 Å². The van der Waals surface area contributed by atoms with Gasteiger partial charge in [0.1, 0.15) is 0 Å². The van der Waals surface area contributed by atoms with Crippen LogP contribution in [-0.2, 0) is 0 Å². The first-order valence-electron chi connectivity index (χ1n) is 7.67. The molecule has 3 rings (SSSR count). The number of carbonyl (C=O) groups excluding carboxylic acids is 1. The summed E-state index contributed by atoms with van der Waals surface area (Å²) in [6.07, 6.45) is 0. The van der Waals surface area contributed by atoms with Crippen molar-refractivity contribution in [3.05, 3.63) is 53.1 Å². The lowest BCUT2D eigenvalue weighted by Crippen LogP contribution is -2.36. The molecule has 126 valence electrons. The highest BCUT2D eigenvalue weighted by Gasteiger charge is 2.24. The zero-order valence-electron chi connectivity index (χ0n) is 13.7. The minimum Gasteiger partial charge on any atom is -0.454 e. The van der Waals surface area contributed by atoms with E-state index in [4.69, 9.17) is 21.1 Å². The minimum absolute atomic E-state index is 0.121. The van der Waals surface area contributed by atoms with E-state index in [0.717, 1.165) is 12.2 Å². The van der Waals surface area contributed by atoms with Gasteiger partial charge in [0, 0.05) is 24.3 Å². The van der Waals surface area contributed by atoms with Gasteiger partial charge < -0.3 is 19.3 Å². The molecule has 0 saturated carbocycles. The van der Waals surface area contributed by atoms with Crippen LogP contribution in [0.15, 0.2) is 42.5 Å². The first-order valence-corrected chi connectivity index (χ1v) is 8.05. The number of benzene rings is 2. The van der Waals surface area contributed by atoms with Crippen LogP contribution in [0.2, 0.25) is 5.02 Å². The smallest absolute Gasteiger partial charge is 0.258 e. The molecule has 1 aliphatic rings. The second-order valence-electron chi connectivity index (χ2n) is 5.79. The number of hydrogen-bond acceptors (Lipinski definition) is 4. The van der Waals surface area contributed by atoms with Crippen molar-refractivity contribution < 1.29 is 14.3 Å². The van der Waals surface area contributed by atoms with E-state index in [2.05, 4.69) is 0 Å². The Morgan fingerprint density at radius 1 is 1.12 bits per heavy atom. The number of amides is 1. The lowest BCUT2D eigenvalue weighted by Gasteiger charge is -2.25. The van der Waals surface area contributed by atoms with Crippen LogP contribution in [0.1, 0.15) is 10.4 Å². The van der Waals surface area contributed by atoms with E-state index in [0.29, 0.717) is 28.6 Å². The van der Waals surface area contributed by atoms with E-state index in [-0.39, 0.29) is 12.7 Å². The molecule has 2 aromatic carbocycles. The van der Waals surface area contributed by atoms with Gasteiger partial charge in [-0.3, -0.25) is 4.79 Å². The second kappa shape index (κ2) is 7.11. The Labute approximate surface area is 146 Å². The van der Waals surface area contributed by atoms with E-state index in [9.17, 15) is 4.79 Å². The van der Waals surface area contributed by atoms with E-state index in [1.807, 2.05) is 49.3 Å². The van der Waals surface area contributed by atoms with Crippen LogP contribution < -0.4 is 14.4 Å². The number of likely N-dealkylation sites (N-methyl/N-ethyl adjacent to an activating group) is 1. The highest BCUT2D eigenvalue weighted by molar-refractivity contribution is 6.33. The number of carbonyl (C=O) groups is 1. The quantitative estimate of drug-likeness (QED) is 0.833. The number of rotatable bonds is 5. The molecular weight excluding hydrogens is 328 g/mol. The topological polar surface area (TPSA) is 42.0 Å². The van der Waals surface area contributed by atoms with Crippen molar-refractivity contribution in [1.82, 2.24) is 4.90 Å². The Balaban J connectivity index is 1.92. The summed E-state index contributed by atoms with van der Waals surface area (Å²) in [4.78, 5) is 16.8. The minimum atomic E-state index is -0.122. The number of fused-ring (bicyclic) bond motifs is 1. The van der Waals surface area contributed by atoms with Crippen molar-refractivity contribution in [2.24, 2.45) is 0 Å². The maximum Gasteiger partial charge on any atom is 0.258 e. The van der Waals surface area contributed by atoms with Gasteiger partial charge in [0.15, 0.2) is 11.5 Å². The summed E-state index contributed by atoms with van der Waals surface area (Å²) in [6, 6.07) is 12.9. The largest absolute Gasteiger partial charge is 0.454 e. The van der Waals surface area contributed by atoms with Crippen molar-refractivity contribution >= 4 is 23.2 Å². The summed E-state index contributed by atoms with van der Waals surface area (Å²) >= 11 is 6.21. The van der Waals surface area contributed by atoms with Gasteiger partial charge in [-0.15, -0.1) is 0 Å². The third kappa shape index (κ3) is 3.47. The molecule has 0 N–H and O–H groups in total. The molecule has 1 heterocycles. The fourth-order valence-electron chi connectivity index (χ4n) is 2.50. The summed E-state index contributed by atoms with van der Waals surface area (Å²) in [5.74, 6) is 0.877. The average molecular weight is 347 g/mol. The molecule has 2 aromatic rings. The molecule has 0 atom stereocenters. The summed E-state index contributed by atoms with van der Waals surface area (Å²) < 4.78 is 10.7. The summed E-state index contributed by atoms with van der Waals surface area (Å²) in [5, 5.41) is 0.383. The molecule has 24 heavy (non-hydrogen) atoms. The Morgan fingerprint density at radius 3 is 2.58 bits per heavy atom. The van der Waals surface area contributed by atoms with Gasteiger partial charge in [0.05, 0.1) is 5.02 Å². The average Bonchev–Trinajstić information content (AvgIpc) is 3.04. The zero-order valence-corrected chi connectivity index (χ0v) is 14.4. The van der Waals surface area contributed by atoms with Crippen molar-refractivity contribution in [3.8, 4) is 11.5 Å². The second-order valence-corrected chi connectivity index (χ2v) is 6.19. The van der Waals surface area contributed by atoms with Crippen LogP contribution >= 0.6 is 11.6 Å². The highest BCUT2D eigenvalue weighted by atomic mass is 35.5. The van der Waals surface area contributed by atoms with Gasteiger partial charge in [-0.05, 0) is 38.4 Å². The fraction of sp³-hybridized carbons (Fsp3) is 0.278. The fourth-order valence-corrected chi connectivity index (χ4v) is 2.77. The Hall–Kier alpha value is -2.24. The Kier molecular flexibility index (Phi) is 4.92. The van der Waals surface area contributed by atoms with Crippen LogP contribution in [0, 0.1) is 0 Å². The Morgan fingerprint density at radius 2 is 1.88 bits per heavy atom. The maximum absolute atomic E-state index is 13.1. The molecule has 0 radical (unpaired) electrons. The van der Waals surface area contributed by atoms with Gasteiger partial charge in [-0.25, -0.2) is 0 Å².